The van der Waals surface area contributed by atoms with Crippen molar-refractivity contribution in [2.24, 2.45) is 0 Å². The molecule has 1 N–H and O–H groups in total. The van der Waals surface area contributed by atoms with Crippen molar-refractivity contribution in [2.45, 2.75) is 26.1 Å². The molecule has 0 aliphatic rings. The van der Waals surface area contributed by atoms with Gasteiger partial charge in [0, 0.05) is 18.7 Å². The fourth-order valence-corrected chi connectivity index (χ4v) is 2.98. The van der Waals surface area contributed by atoms with Crippen LogP contribution < -0.4 is 4.74 Å². The first-order chi connectivity index (χ1) is 14.0. The van der Waals surface area contributed by atoms with Crippen LogP contribution >= 0.6 is 0 Å². The summed E-state index contributed by atoms with van der Waals surface area (Å²) in [6, 6.07) is 16.8. The third-order valence-electron chi connectivity index (χ3n) is 4.45. The van der Waals surface area contributed by atoms with Gasteiger partial charge >= 0.3 is 0 Å². The molecular formula is C23H24FNO4. The molecule has 0 radical (unpaired) electrons. The Hall–Kier alpha value is -2.96. The van der Waals surface area contributed by atoms with Gasteiger partial charge in [-0.05, 0) is 61.0 Å². The van der Waals surface area contributed by atoms with E-state index >= 15 is 0 Å². The van der Waals surface area contributed by atoms with Crippen LogP contribution in [0.3, 0.4) is 0 Å². The quantitative estimate of drug-likeness (QED) is 0.523. The number of benzene rings is 2. The molecule has 1 atom stereocenters. The number of ketones is 1. The average molecular weight is 397 g/mol. The van der Waals surface area contributed by atoms with Crippen LogP contribution in [0, 0.1) is 5.82 Å². The van der Waals surface area contributed by atoms with Crippen molar-refractivity contribution < 1.29 is 23.4 Å². The maximum absolute atomic E-state index is 13.2. The molecule has 0 amide bonds. The monoisotopic (exact) mass is 397 g/mol. The summed E-state index contributed by atoms with van der Waals surface area (Å²) in [5, 5.41) is 10.5. The summed E-state index contributed by atoms with van der Waals surface area (Å²) in [5.74, 6) is 1.08. The number of hydrogen-bond acceptors (Lipinski definition) is 5. The summed E-state index contributed by atoms with van der Waals surface area (Å²) in [7, 11) is 0. The number of halogens is 1. The lowest BCUT2D eigenvalue weighted by Gasteiger charge is -2.24. The zero-order valence-corrected chi connectivity index (χ0v) is 16.3. The van der Waals surface area contributed by atoms with E-state index in [1.54, 1.807) is 42.7 Å². The van der Waals surface area contributed by atoms with Gasteiger partial charge in [-0.2, -0.15) is 0 Å². The maximum Gasteiger partial charge on any atom is 0.159 e. The second kappa shape index (κ2) is 10.0. The van der Waals surface area contributed by atoms with Crippen LogP contribution in [0.15, 0.2) is 71.3 Å². The minimum atomic E-state index is -0.738. The molecule has 152 valence electrons. The molecule has 3 aromatic rings. The van der Waals surface area contributed by atoms with Crippen molar-refractivity contribution in [3.8, 4) is 5.75 Å². The van der Waals surface area contributed by atoms with Crippen LogP contribution in [0.25, 0.3) is 0 Å². The molecule has 0 fully saturated rings. The van der Waals surface area contributed by atoms with E-state index in [1.165, 1.54) is 19.1 Å². The number of carbonyl (C=O) groups excluding carboxylic acids is 1. The van der Waals surface area contributed by atoms with Crippen molar-refractivity contribution in [1.82, 2.24) is 4.90 Å². The number of furan rings is 1. The topological polar surface area (TPSA) is 62.9 Å². The van der Waals surface area contributed by atoms with Gasteiger partial charge in [0.15, 0.2) is 5.78 Å². The lowest BCUT2D eigenvalue weighted by Crippen LogP contribution is -2.35. The van der Waals surface area contributed by atoms with Crippen LogP contribution in [-0.2, 0) is 13.1 Å². The highest BCUT2D eigenvalue weighted by Gasteiger charge is 2.15. The van der Waals surface area contributed by atoms with Gasteiger partial charge < -0.3 is 14.3 Å². The van der Waals surface area contributed by atoms with Gasteiger partial charge in [-0.3, -0.25) is 9.69 Å². The summed E-state index contributed by atoms with van der Waals surface area (Å²) in [6.07, 6.45) is 0.869. The third-order valence-corrected chi connectivity index (χ3v) is 4.45. The molecule has 1 unspecified atom stereocenters. The van der Waals surface area contributed by atoms with Crippen LogP contribution in [0.1, 0.15) is 28.6 Å². The molecule has 1 heterocycles. The molecule has 0 saturated carbocycles. The van der Waals surface area contributed by atoms with Crippen molar-refractivity contribution in [3.63, 3.8) is 0 Å². The number of hydrogen-bond donors (Lipinski definition) is 1. The van der Waals surface area contributed by atoms with Crippen LogP contribution in [0.4, 0.5) is 4.39 Å². The highest BCUT2D eigenvalue weighted by Crippen LogP contribution is 2.15. The summed E-state index contributed by atoms with van der Waals surface area (Å²) in [5.41, 5.74) is 1.55. The molecule has 0 spiro atoms. The minimum Gasteiger partial charge on any atom is -0.491 e. The van der Waals surface area contributed by atoms with E-state index in [4.69, 9.17) is 9.15 Å². The van der Waals surface area contributed by atoms with E-state index in [-0.39, 0.29) is 18.2 Å². The number of carbonyl (C=O) groups is 1. The number of ether oxygens (including phenoxy) is 1. The number of Topliss-reactive ketones (excluding diaryl/α,β-unsaturated/α-hetero) is 1. The summed E-state index contributed by atoms with van der Waals surface area (Å²) < 4.78 is 24.2. The third kappa shape index (κ3) is 6.55. The molecule has 1 aromatic heterocycles. The Morgan fingerprint density at radius 1 is 1.10 bits per heavy atom. The Bertz CT molecular complexity index is 892. The van der Waals surface area contributed by atoms with Gasteiger partial charge in [-0.25, -0.2) is 4.39 Å². The number of nitrogens with zero attached hydrogens (tertiary/aromatic N) is 1. The highest BCUT2D eigenvalue weighted by molar-refractivity contribution is 5.94. The second-order valence-electron chi connectivity index (χ2n) is 6.92. The molecule has 29 heavy (non-hydrogen) atoms. The molecular weight excluding hydrogens is 373 g/mol. The average Bonchev–Trinajstić information content (AvgIpc) is 3.21. The highest BCUT2D eigenvalue weighted by atomic mass is 19.1. The van der Waals surface area contributed by atoms with Crippen LogP contribution in [0.2, 0.25) is 0 Å². The zero-order valence-electron chi connectivity index (χ0n) is 16.3. The van der Waals surface area contributed by atoms with Gasteiger partial charge in [-0.1, -0.05) is 12.1 Å². The first-order valence-corrected chi connectivity index (χ1v) is 9.40. The first-order valence-electron chi connectivity index (χ1n) is 9.40. The fraction of sp³-hybridized carbons (Fsp3) is 0.261. The van der Waals surface area contributed by atoms with Crippen molar-refractivity contribution in [2.75, 3.05) is 13.2 Å². The Kier molecular flexibility index (Phi) is 7.16. The van der Waals surface area contributed by atoms with Crippen LogP contribution in [0.5, 0.6) is 5.75 Å². The number of aliphatic hydroxyl groups excluding tert-OH is 1. The Morgan fingerprint density at radius 2 is 1.83 bits per heavy atom. The molecule has 0 saturated heterocycles. The predicted molar refractivity (Wildman–Crippen MR) is 107 cm³/mol. The molecule has 0 aliphatic carbocycles. The van der Waals surface area contributed by atoms with Crippen molar-refractivity contribution in [1.29, 1.82) is 0 Å². The minimum absolute atomic E-state index is 0.00838. The Balaban J connectivity index is 1.58. The maximum atomic E-state index is 13.2. The second-order valence-corrected chi connectivity index (χ2v) is 6.92. The molecule has 5 nitrogen and oxygen atoms in total. The molecule has 3 rings (SSSR count). The standard InChI is InChI=1S/C23H24FNO4/c1-17(26)19-6-10-22(11-7-19)29-16-21(27)14-25(15-23-3-2-12-28-23)13-18-4-8-20(24)9-5-18/h2-12,21,27H,13-16H2,1H3. The van der Waals surface area contributed by atoms with Gasteiger partial charge in [-0.15, -0.1) is 0 Å². The molecule has 2 aromatic carbocycles. The Labute approximate surface area is 169 Å². The number of aliphatic hydroxyl groups is 1. The van der Waals surface area contributed by atoms with Gasteiger partial charge in [0.25, 0.3) is 0 Å². The van der Waals surface area contributed by atoms with E-state index < -0.39 is 6.10 Å². The largest absolute Gasteiger partial charge is 0.491 e. The van der Waals surface area contributed by atoms with E-state index in [9.17, 15) is 14.3 Å². The zero-order chi connectivity index (χ0) is 20.6. The van der Waals surface area contributed by atoms with Crippen molar-refractivity contribution >= 4 is 5.78 Å². The van der Waals surface area contributed by atoms with E-state index in [1.807, 2.05) is 17.0 Å². The van der Waals surface area contributed by atoms with Crippen molar-refractivity contribution in [3.05, 3.63) is 89.6 Å². The fourth-order valence-electron chi connectivity index (χ4n) is 2.98. The van der Waals surface area contributed by atoms with Gasteiger partial charge in [0.2, 0.25) is 0 Å². The molecule has 0 aliphatic heterocycles. The van der Waals surface area contributed by atoms with Crippen LogP contribution in [-0.4, -0.2) is 35.0 Å². The van der Waals surface area contributed by atoms with E-state index in [0.29, 0.717) is 30.9 Å². The van der Waals surface area contributed by atoms with Gasteiger partial charge in [0.1, 0.15) is 30.0 Å². The van der Waals surface area contributed by atoms with E-state index in [0.717, 1.165) is 11.3 Å². The lowest BCUT2D eigenvalue weighted by atomic mass is 10.1. The number of rotatable bonds is 10. The lowest BCUT2D eigenvalue weighted by molar-refractivity contribution is 0.0604. The molecule has 6 heteroatoms. The smallest absolute Gasteiger partial charge is 0.159 e. The summed E-state index contributed by atoms with van der Waals surface area (Å²) >= 11 is 0. The molecule has 0 bridgehead atoms. The SMILES string of the molecule is CC(=O)c1ccc(OCC(O)CN(Cc2ccc(F)cc2)Cc2ccco2)cc1. The first kappa shape index (κ1) is 20.8. The predicted octanol–water partition coefficient (Wildman–Crippen LogP) is 4.06. The van der Waals surface area contributed by atoms with E-state index in [2.05, 4.69) is 0 Å². The Morgan fingerprint density at radius 3 is 2.45 bits per heavy atom. The normalized spacial score (nSPS) is 12.1. The summed E-state index contributed by atoms with van der Waals surface area (Å²) in [6.45, 7) is 3.01. The van der Waals surface area contributed by atoms with Gasteiger partial charge in [0.05, 0.1) is 12.8 Å². The summed E-state index contributed by atoms with van der Waals surface area (Å²) in [4.78, 5) is 13.3.